The lowest BCUT2D eigenvalue weighted by molar-refractivity contribution is 0.702. The van der Waals surface area contributed by atoms with Crippen LogP contribution in [0.5, 0.6) is 0 Å². The third-order valence-electron chi connectivity index (χ3n) is 2.67. The SMILES string of the molecule is CC(C)C1=CCC2CC12. The molecule has 0 aromatic heterocycles. The third kappa shape index (κ3) is 0.726. The molecule has 1 saturated carbocycles. The Morgan fingerprint density at radius 1 is 1.56 bits per heavy atom. The predicted molar refractivity (Wildman–Crippen MR) is 39.1 cm³/mol. The minimum absolute atomic E-state index is 0.822. The van der Waals surface area contributed by atoms with E-state index in [1.165, 1.54) is 12.8 Å². The molecule has 0 spiro atoms. The molecule has 0 N–H and O–H groups in total. The van der Waals surface area contributed by atoms with Crippen molar-refractivity contribution in [3.63, 3.8) is 0 Å². The molecular formula is C9H14. The van der Waals surface area contributed by atoms with Crippen LogP contribution in [0, 0.1) is 17.8 Å². The van der Waals surface area contributed by atoms with Crippen LogP contribution in [-0.2, 0) is 0 Å². The van der Waals surface area contributed by atoms with Gasteiger partial charge in [-0.05, 0) is 30.6 Å². The average molecular weight is 122 g/mol. The summed E-state index contributed by atoms with van der Waals surface area (Å²) in [5, 5.41) is 0. The summed E-state index contributed by atoms with van der Waals surface area (Å²) in [6.07, 6.45) is 5.35. The van der Waals surface area contributed by atoms with Gasteiger partial charge in [0.05, 0.1) is 0 Å². The fourth-order valence-corrected chi connectivity index (χ4v) is 2.02. The molecule has 0 aromatic carbocycles. The molecule has 0 saturated heterocycles. The van der Waals surface area contributed by atoms with Crippen LogP contribution >= 0.6 is 0 Å². The Balaban J connectivity index is 2.11. The highest BCUT2D eigenvalue weighted by atomic mass is 14.5. The maximum absolute atomic E-state index is 2.46. The van der Waals surface area contributed by atoms with Crippen molar-refractivity contribution in [1.29, 1.82) is 0 Å². The van der Waals surface area contributed by atoms with Gasteiger partial charge < -0.3 is 0 Å². The summed E-state index contributed by atoms with van der Waals surface area (Å²) in [6, 6.07) is 0. The lowest BCUT2D eigenvalue weighted by atomic mass is 10.0. The molecule has 0 aromatic rings. The van der Waals surface area contributed by atoms with E-state index in [0.717, 1.165) is 17.8 Å². The lowest BCUT2D eigenvalue weighted by Crippen LogP contribution is -1.92. The van der Waals surface area contributed by atoms with E-state index in [1.54, 1.807) is 5.57 Å². The molecule has 0 radical (unpaired) electrons. The van der Waals surface area contributed by atoms with Gasteiger partial charge in [0.25, 0.3) is 0 Å². The Kier molecular flexibility index (Phi) is 0.992. The molecule has 2 unspecified atom stereocenters. The highest BCUT2D eigenvalue weighted by Crippen LogP contribution is 2.53. The summed E-state index contributed by atoms with van der Waals surface area (Å²) in [5.41, 5.74) is 1.75. The second-order valence-corrected chi connectivity index (χ2v) is 3.70. The molecule has 1 fully saturated rings. The topological polar surface area (TPSA) is 0 Å². The molecule has 0 bridgehead atoms. The van der Waals surface area contributed by atoms with Crippen molar-refractivity contribution >= 4 is 0 Å². The standard InChI is InChI=1S/C9H14/c1-6(2)8-4-3-7-5-9(7)8/h4,6-7,9H,3,5H2,1-2H3. The van der Waals surface area contributed by atoms with E-state index >= 15 is 0 Å². The zero-order valence-electron chi connectivity index (χ0n) is 6.22. The summed E-state index contributed by atoms with van der Waals surface area (Å²) in [4.78, 5) is 0. The van der Waals surface area contributed by atoms with Crippen molar-refractivity contribution < 1.29 is 0 Å². The highest BCUT2D eigenvalue weighted by molar-refractivity contribution is 5.24. The van der Waals surface area contributed by atoms with Gasteiger partial charge >= 0.3 is 0 Å². The highest BCUT2D eigenvalue weighted by Gasteiger charge is 2.43. The van der Waals surface area contributed by atoms with E-state index < -0.39 is 0 Å². The fourth-order valence-electron chi connectivity index (χ4n) is 2.02. The van der Waals surface area contributed by atoms with Crippen LogP contribution < -0.4 is 0 Å². The van der Waals surface area contributed by atoms with Gasteiger partial charge in [0, 0.05) is 0 Å². The van der Waals surface area contributed by atoms with Crippen LogP contribution in [0.3, 0.4) is 0 Å². The number of hydrogen-bond donors (Lipinski definition) is 0. The molecule has 0 amide bonds. The van der Waals surface area contributed by atoms with E-state index in [-0.39, 0.29) is 0 Å². The quantitative estimate of drug-likeness (QED) is 0.469. The predicted octanol–water partition coefficient (Wildman–Crippen LogP) is 2.61. The van der Waals surface area contributed by atoms with Gasteiger partial charge in [0.15, 0.2) is 0 Å². The summed E-state index contributed by atoms with van der Waals surface area (Å²) in [6.45, 7) is 4.62. The van der Waals surface area contributed by atoms with Crippen molar-refractivity contribution in [2.75, 3.05) is 0 Å². The van der Waals surface area contributed by atoms with E-state index in [1.807, 2.05) is 0 Å². The molecular weight excluding hydrogens is 108 g/mol. The van der Waals surface area contributed by atoms with Crippen molar-refractivity contribution in [2.45, 2.75) is 26.7 Å². The molecule has 2 aliphatic rings. The first-order valence-corrected chi connectivity index (χ1v) is 3.99. The maximum Gasteiger partial charge on any atom is -0.0166 e. The first kappa shape index (κ1) is 5.52. The molecule has 2 aliphatic carbocycles. The van der Waals surface area contributed by atoms with Gasteiger partial charge in [0.2, 0.25) is 0 Å². The van der Waals surface area contributed by atoms with Crippen molar-refractivity contribution in [3.8, 4) is 0 Å². The number of hydrogen-bond acceptors (Lipinski definition) is 0. The summed E-state index contributed by atoms with van der Waals surface area (Å²) >= 11 is 0. The first-order valence-electron chi connectivity index (χ1n) is 3.99. The Bertz CT molecular complexity index is 153. The number of allylic oxidation sites excluding steroid dienone is 2. The van der Waals surface area contributed by atoms with Gasteiger partial charge in [-0.1, -0.05) is 25.5 Å². The summed E-state index contributed by atoms with van der Waals surface area (Å²) in [5.74, 6) is 2.94. The van der Waals surface area contributed by atoms with E-state index in [0.29, 0.717) is 0 Å². The van der Waals surface area contributed by atoms with E-state index in [9.17, 15) is 0 Å². The normalized spacial score (nSPS) is 38.8. The largest absolute Gasteiger partial charge is 0.0845 e. The number of fused-ring (bicyclic) bond motifs is 1. The molecule has 2 rings (SSSR count). The minimum Gasteiger partial charge on any atom is -0.0845 e. The molecule has 2 atom stereocenters. The van der Waals surface area contributed by atoms with Gasteiger partial charge in [-0.3, -0.25) is 0 Å². The van der Waals surface area contributed by atoms with E-state index in [2.05, 4.69) is 19.9 Å². The van der Waals surface area contributed by atoms with Crippen LogP contribution in [0.2, 0.25) is 0 Å². The molecule has 9 heavy (non-hydrogen) atoms. The zero-order valence-corrected chi connectivity index (χ0v) is 6.22. The second kappa shape index (κ2) is 1.62. The van der Waals surface area contributed by atoms with Crippen LogP contribution in [0.15, 0.2) is 11.6 Å². The second-order valence-electron chi connectivity index (χ2n) is 3.70. The van der Waals surface area contributed by atoms with Gasteiger partial charge in [-0.25, -0.2) is 0 Å². The average Bonchev–Trinajstić information content (AvgIpc) is 2.43. The zero-order chi connectivity index (χ0) is 6.43. The Morgan fingerprint density at radius 3 is 2.56 bits per heavy atom. The van der Waals surface area contributed by atoms with Gasteiger partial charge in [-0.15, -0.1) is 0 Å². The molecule has 50 valence electrons. The smallest absolute Gasteiger partial charge is 0.0166 e. The van der Waals surface area contributed by atoms with Crippen LogP contribution in [0.25, 0.3) is 0 Å². The fraction of sp³-hybridized carbons (Fsp3) is 0.778. The maximum atomic E-state index is 2.46. The molecule has 0 nitrogen and oxygen atoms in total. The molecule has 0 heterocycles. The number of rotatable bonds is 1. The summed E-state index contributed by atoms with van der Waals surface area (Å²) < 4.78 is 0. The molecule has 0 heteroatoms. The minimum atomic E-state index is 0.822. The van der Waals surface area contributed by atoms with Crippen molar-refractivity contribution in [1.82, 2.24) is 0 Å². The lowest BCUT2D eigenvalue weighted by Gasteiger charge is -2.05. The van der Waals surface area contributed by atoms with Crippen molar-refractivity contribution in [3.05, 3.63) is 11.6 Å². The Labute approximate surface area is 57.0 Å². The van der Waals surface area contributed by atoms with Crippen LogP contribution in [-0.4, -0.2) is 0 Å². The van der Waals surface area contributed by atoms with Gasteiger partial charge in [0.1, 0.15) is 0 Å². The molecule has 0 aliphatic heterocycles. The monoisotopic (exact) mass is 122 g/mol. The van der Waals surface area contributed by atoms with Crippen LogP contribution in [0.4, 0.5) is 0 Å². The first-order chi connectivity index (χ1) is 4.29. The Morgan fingerprint density at radius 2 is 2.33 bits per heavy atom. The third-order valence-corrected chi connectivity index (χ3v) is 2.67. The van der Waals surface area contributed by atoms with Crippen LogP contribution in [0.1, 0.15) is 26.7 Å². The van der Waals surface area contributed by atoms with E-state index in [4.69, 9.17) is 0 Å². The van der Waals surface area contributed by atoms with Gasteiger partial charge in [-0.2, -0.15) is 0 Å². The van der Waals surface area contributed by atoms with Crippen molar-refractivity contribution in [2.24, 2.45) is 17.8 Å². The summed E-state index contributed by atoms with van der Waals surface area (Å²) in [7, 11) is 0. The Hall–Kier alpha value is -0.260.